The first kappa shape index (κ1) is 120. The van der Waals surface area contributed by atoms with Gasteiger partial charge in [-0.1, -0.05) is 0 Å². The first-order valence-electron chi connectivity index (χ1n) is 0. The Kier molecular flexibility index (Phi) is 903. The van der Waals surface area contributed by atoms with Gasteiger partial charge in [-0.25, -0.2) is 0 Å². The van der Waals surface area contributed by atoms with Crippen molar-refractivity contribution in [2.24, 2.45) is 0 Å². The third-order valence-electron chi connectivity index (χ3n) is 0. The Morgan fingerprint density at radius 1 is 0.143 bits per heavy atom. The van der Waals surface area contributed by atoms with Crippen LogP contribution in [0.2, 0.25) is 0 Å². The molecule has 0 unspecified atom stereocenters. The van der Waals surface area contributed by atoms with Crippen molar-refractivity contribution in [3.05, 3.63) is 0 Å². The Labute approximate surface area is 317 Å². The van der Waals surface area contributed by atoms with Crippen LogP contribution in [-0.4, -0.2) is 327 Å². The van der Waals surface area contributed by atoms with E-state index in [0.717, 1.165) is 0 Å². The van der Waals surface area contributed by atoms with Crippen LogP contribution in [0.15, 0.2) is 0 Å². The molecule has 0 nitrogen and oxygen atoms in total. The Balaban J connectivity index is 0. The van der Waals surface area contributed by atoms with Gasteiger partial charge in [-0.2, -0.15) is 0 Å². The molecule has 0 saturated carbocycles. The molecular formula is H10Mg9Sn5. The monoisotopic (exact) mass is 825 g/mol. The maximum atomic E-state index is 0. The van der Waals surface area contributed by atoms with Gasteiger partial charge in [0.05, 0.1) is 0 Å². The normalized spacial score (nSPS) is 0. The second-order valence-electron chi connectivity index (χ2n) is 0. The minimum absolute atomic E-state index is 0. The predicted octanol–water partition coefficient (Wildman–Crippen LogP) is -8.01. The molecule has 0 aromatic carbocycles. The van der Waals surface area contributed by atoms with Crippen LogP contribution in [-0.2, 0) is 0 Å². The minimum atomic E-state index is 0. The molecule has 0 saturated heterocycles. The zero-order valence-corrected chi connectivity index (χ0v) is 42.8. The summed E-state index contributed by atoms with van der Waals surface area (Å²) in [6.45, 7) is 0. The van der Waals surface area contributed by atoms with E-state index in [0.29, 0.717) is 0 Å². The summed E-state index contributed by atoms with van der Waals surface area (Å²) in [5, 5.41) is 0. The third kappa shape index (κ3) is 92.5. The van der Waals surface area contributed by atoms with Crippen molar-refractivity contribution in [1.82, 2.24) is 0 Å². The van der Waals surface area contributed by atoms with Crippen molar-refractivity contribution in [3.63, 3.8) is 0 Å². The molecule has 14 heteroatoms. The van der Waals surface area contributed by atoms with E-state index in [-0.39, 0.29) is 327 Å². The molecule has 0 fully saturated rings. The van der Waals surface area contributed by atoms with Crippen LogP contribution in [0, 0.1) is 0 Å². The summed E-state index contributed by atoms with van der Waals surface area (Å²) in [5.41, 5.74) is 0. The molecule has 0 amide bonds. The van der Waals surface area contributed by atoms with Gasteiger partial charge in [-0.05, 0) is 0 Å². The van der Waals surface area contributed by atoms with E-state index in [9.17, 15) is 0 Å². The zero-order valence-electron chi connectivity index (χ0n) is 9.90. The second kappa shape index (κ2) is 106. The van der Waals surface area contributed by atoms with E-state index < -0.39 is 0 Å². The summed E-state index contributed by atoms with van der Waals surface area (Å²) in [4.78, 5) is 0. The fourth-order valence-electron chi connectivity index (χ4n) is 0. The van der Waals surface area contributed by atoms with Gasteiger partial charge in [0, 0.05) is 207 Å². The molecule has 0 bridgehead atoms. The summed E-state index contributed by atoms with van der Waals surface area (Å²) < 4.78 is 0. The molecule has 0 aliphatic carbocycles. The number of rotatable bonds is 0. The van der Waals surface area contributed by atoms with E-state index in [1.165, 1.54) is 0 Å². The van der Waals surface area contributed by atoms with Gasteiger partial charge in [-0.15, -0.1) is 0 Å². The first-order chi connectivity index (χ1) is 0. The summed E-state index contributed by atoms with van der Waals surface area (Å²) in [6, 6.07) is 0. The van der Waals surface area contributed by atoms with E-state index in [1.807, 2.05) is 0 Å². The molecule has 0 heterocycles. The summed E-state index contributed by atoms with van der Waals surface area (Å²) in [7, 11) is 0. The Bertz CT molecular complexity index is 13.2. The van der Waals surface area contributed by atoms with Crippen LogP contribution in [0.3, 0.4) is 0 Å². The fraction of sp³-hybridized carbons (Fsp3) is 0. The van der Waals surface area contributed by atoms with Gasteiger partial charge in [0.25, 0.3) is 0 Å². The zero-order chi connectivity index (χ0) is 0. The van der Waals surface area contributed by atoms with E-state index in [1.54, 1.807) is 0 Å². The molecule has 0 atom stereocenters. The van der Waals surface area contributed by atoms with Crippen LogP contribution in [0.25, 0.3) is 0 Å². The van der Waals surface area contributed by atoms with Crippen molar-refractivity contribution >= 4 is 327 Å². The molecule has 0 rings (SSSR count). The van der Waals surface area contributed by atoms with Crippen molar-refractivity contribution in [2.45, 2.75) is 0 Å². The molecule has 0 aliphatic rings. The second-order valence-corrected chi connectivity index (χ2v) is 0. The molecule has 0 spiro atoms. The Morgan fingerprint density at radius 3 is 0.143 bits per heavy atom. The van der Waals surface area contributed by atoms with Crippen LogP contribution in [0.5, 0.6) is 0 Å². The third-order valence-corrected chi connectivity index (χ3v) is 0. The Hall–Kier alpha value is 10.9. The molecule has 48 valence electrons. The van der Waals surface area contributed by atoms with E-state index >= 15 is 0 Å². The molecule has 0 aromatic rings. The van der Waals surface area contributed by atoms with Crippen LogP contribution >= 0.6 is 0 Å². The molecule has 0 aliphatic heterocycles. The van der Waals surface area contributed by atoms with Crippen molar-refractivity contribution in [1.29, 1.82) is 0 Å². The van der Waals surface area contributed by atoms with Gasteiger partial charge in [0.15, 0.2) is 0 Å². The Morgan fingerprint density at radius 2 is 0.143 bits per heavy atom. The van der Waals surface area contributed by atoms with Crippen molar-refractivity contribution < 1.29 is 0 Å². The molecular weight excluding hydrogens is 812 g/mol. The fourth-order valence-corrected chi connectivity index (χ4v) is 0. The first-order valence-corrected chi connectivity index (χ1v) is 0. The van der Waals surface area contributed by atoms with Crippen LogP contribution in [0.4, 0.5) is 0 Å². The van der Waals surface area contributed by atoms with Gasteiger partial charge >= 0.3 is 120 Å². The number of hydrogen-bond donors (Lipinski definition) is 0. The van der Waals surface area contributed by atoms with E-state index in [2.05, 4.69) is 0 Å². The molecule has 14 heavy (non-hydrogen) atoms. The average Bonchev–Trinajstić information content (AvgIpc) is 0. The van der Waals surface area contributed by atoms with Crippen LogP contribution < -0.4 is 0 Å². The van der Waals surface area contributed by atoms with E-state index in [4.69, 9.17) is 0 Å². The van der Waals surface area contributed by atoms with Gasteiger partial charge in [0.2, 0.25) is 0 Å². The average molecular weight is 822 g/mol. The maximum absolute atomic E-state index is 0. The quantitative estimate of drug-likeness (QED) is 0.214. The molecule has 28 radical (unpaired) electrons. The van der Waals surface area contributed by atoms with Gasteiger partial charge in [-0.3, -0.25) is 0 Å². The standard InChI is InChI=1S/9Mg.5Sn.10H. The van der Waals surface area contributed by atoms with Gasteiger partial charge < -0.3 is 0 Å². The summed E-state index contributed by atoms with van der Waals surface area (Å²) in [5.74, 6) is 0. The molecule has 0 N–H and O–H groups in total. The summed E-state index contributed by atoms with van der Waals surface area (Å²) in [6.07, 6.45) is 0. The number of hydrogen-bond acceptors (Lipinski definition) is 0. The van der Waals surface area contributed by atoms with Crippen molar-refractivity contribution in [3.8, 4) is 0 Å². The topological polar surface area (TPSA) is 0 Å². The summed E-state index contributed by atoms with van der Waals surface area (Å²) >= 11 is 0. The molecule has 0 aromatic heterocycles. The SMILES string of the molecule is [Mg].[Mg].[Mg].[Mg].[Mg].[Mg].[Mg].[Mg].[Mg].[SnH2].[SnH2].[SnH2].[SnH2].[SnH2]. The van der Waals surface area contributed by atoms with Crippen LogP contribution in [0.1, 0.15) is 0 Å². The van der Waals surface area contributed by atoms with Crippen molar-refractivity contribution in [2.75, 3.05) is 0 Å². The predicted molar refractivity (Wildman–Crippen MR) is 94.5 cm³/mol. The van der Waals surface area contributed by atoms with Gasteiger partial charge in [0.1, 0.15) is 0 Å².